The first kappa shape index (κ1) is 22.1. The number of sulfonamides is 1. The van der Waals surface area contributed by atoms with Crippen molar-refractivity contribution >= 4 is 54.6 Å². The molecule has 9 heteroatoms. The number of aryl methyl sites for hydroxylation is 2. The molecular formula is C25H24N4O4S. The summed E-state index contributed by atoms with van der Waals surface area (Å²) in [5.41, 5.74) is 3.59. The second-order valence-electron chi connectivity index (χ2n) is 8.38. The van der Waals surface area contributed by atoms with Crippen LogP contribution in [0, 0.1) is 0 Å². The SMILES string of the molecule is CN(C)S(=O)(=O)c1ccc2c(c1)nc(CCC(=O)Nc1ccc3c(c1)oc1ccccc13)n2C. The highest BCUT2D eigenvalue weighted by Crippen LogP contribution is 2.30. The van der Waals surface area contributed by atoms with E-state index in [1.54, 1.807) is 18.2 Å². The van der Waals surface area contributed by atoms with Gasteiger partial charge in [0.05, 0.1) is 15.9 Å². The van der Waals surface area contributed by atoms with Crippen LogP contribution in [0.25, 0.3) is 33.0 Å². The minimum atomic E-state index is -3.54. The standard InChI is InChI=1S/C25H24N4O4S/c1-28(2)34(31,32)17-9-11-21-20(15-17)27-24(29(21)3)12-13-25(30)26-16-8-10-19-18-6-4-5-7-22(18)33-23(19)14-16/h4-11,14-15H,12-13H2,1-3H3,(H,26,30). The number of nitrogens with one attached hydrogen (secondary N) is 1. The van der Waals surface area contributed by atoms with Crippen LogP contribution in [-0.2, 0) is 28.3 Å². The summed E-state index contributed by atoms with van der Waals surface area (Å²) in [6.07, 6.45) is 0.651. The van der Waals surface area contributed by atoms with Gasteiger partial charge in [0.1, 0.15) is 17.0 Å². The summed E-state index contributed by atoms with van der Waals surface area (Å²) >= 11 is 0. The zero-order valence-electron chi connectivity index (χ0n) is 19.1. The van der Waals surface area contributed by atoms with Gasteiger partial charge in [-0.25, -0.2) is 17.7 Å². The van der Waals surface area contributed by atoms with Gasteiger partial charge in [-0.2, -0.15) is 0 Å². The third kappa shape index (κ3) is 3.82. The molecular weight excluding hydrogens is 452 g/mol. The molecule has 2 heterocycles. The van der Waals surface area contributed by atoms with E-state index in [2.05, 4.69) is 10.3 Å². The van der Waals surface area contributed by atoms with Crippen LogP contribution >= 0.6 is 0 Å². The van der Waals surface area contributed by atoms with Crippen LogP contribution < -0.4 is 5.32 Å². The summed E-state index contributed by atoms with van der Waals surface area (Å²) in [7, 11) is 1.30. The molecule has 34 heavy (non-hydrogen) atoms. The molecule has 0 aliphatic rings. The van der Waals surface area contributed by atoms with Crippen molar-refractivity contribution in [2.24, 2.45) is 7.05 Å². The predicted octanol–water partition coefficient (Wildman–Crippen LogP) is 4.29. The number of para-hydroxylation sites is 1. The lowest BCUT2D eigenvalue weighted by Crippen LogP contribution is -2.22. The van der Waals surface area contributed by atoms with Crippen molar-refractivity contribution in [3.05, 3.63) is 66.5 Å². The molecule has 8 nitrogen and oxygen atoms in total. The number of amides is 1. The van der Waals surface area contributed by atoms with Gasteiger partial charge in [0.2, 0.25) is 15.9 Å². The number of anilines is 1. The molecule has 0 spiro atoms. The molecule has 0 aliphatic carbocycles. The number of carbonyl (C=O) groups excluding carboxylic acids is 1. The minimum absolute atomic E-state index is 0.140. The Bertz CT molecular complexity index is 1660. The maximum absolute atomic E-state index is 12.6. The highest BCUT2D eigenvalue weighted by Gasteiger charge is 2.19. The Morgan fingerprint density at radius 1 is 1.03 bits per heavy atom. The highest BCUT2D eigenvalue weighted by molar-refractivity contribution is 7.89. The summed E-state index contributed by atoms with van der Waals surface area (Å²) in [6.45, 7) is 0. The predicted molar refractivity (Wildman–Crippen MR) is 132 cm³/mol. The van der Waals surface area contributed by atoms with Gasteiger partial charge < -0.3 is 14.3 Å². The van der Waals surface area contributed by atoms with E-state index in [-0.39, 0.29) is 17.2 Å². The Kier molecular flexibility index (Phi) is 5.38. The third-order valence-electron chi connectivity index (χ3n) is 5.96. The van der Waals surface area contributed by atoms with E-state index < -0.39 is 10.0 Å². The molecule has 5 rings (SSSR count). The van der Waals surface area contributed by atoms with Crippen LogP contribution in [0.4, 0.5) is 5.69 Å². The summed E-state index contributed by atoms with van der Waals surface area (Å²) in [4.78, 5) is 17.4. The number of fused-ring (bicyclic) bond motifs is 4. The van der Waals surface area contributed by atoms with E-state index >= 15 is 0 Å². The Morgan fingerprint density at radius 2 is 1.79 bits per heavy atom. The lowest BCUT2D eigenvalue weighted by molar-refractivity contribution is -0.116. The van der Waals surface area contributed by atoms with Crippen LogP contribution in [0.15, 0.2) is 70.0 Å². The zero-order valence-corrected chi connectivity index (χ0v) is 19.9. The van der Waals surface area contributed by atoms with Gasteiger partial charge in [-0.15, -0.1) is 0 Å². The van der Waals surface area contributed by atoms with Crippen molar-refractivity contribution < 1.29 is 17.6 Å². The molecule has 174 valence electrons. The van der Waals surface area contributed by atoms with Crippen LogP contribution in [0.1, 0.15) is 12.2 Å². The average molecular weight is 477 g/mol. The third-order valence-corrected chi connectivity index (χ3v) is 7.77. The molecule has 1 amide bonds. The van der Waals surface area contributed by atoms with Gasteiger partial charge >= 0.3 is 0 Å². The van der Waals surface area contributed by atoms with E-state index in [4.69, 9.17) is 4.42 Å². The zero-order chi connectivity index (χ0) is 24.0. The Labute approximate surface area is 196 Å². The second kappa shape index (κ2) is 8.27. The van der Waals surface area contributed by atoms with Crippen LogP contribution in [0.5, 0.6) is 0 Å². The topological polar surface area (TPSA) is 97.4 Å². The lowest BCUT2D eigenvalue weighted by atomic mass is 10.1. The molecule has 0 saturated heterocycles. The van der Waals surface area contributed by atoms with E-state index in [0.29, 0.717) is 23.4 Å². The van der Waals surface area contributed by atoms with Gasteiger partial charge in [0.25, 0.3) is 0 Å². The Hall–Kier alpha value is -3.69. The molecule has 0 fully saturated rings. The van der Waals surface area contributed by atoms with Gasteiger partial charge in [-0.3, -0.25) is 4.79 Å². The van der Waals surface area contributed by atoms with Gasteiger partial charge in [0, 0.05) is 56.5 Å². The quantitative estimate of drug-likeness (QED) is 0.394. The molecule has 5 aromatic rings. The summed E-state index contributed by atoms with van der Waals surface area (Å²) < 4.78 is 33.8. The van der Waals surface area contributed by atoms with Crippen molar-refractivity contribution in [1.29, 1.82) is 0 Å². The summed E-state index contributed by atoms with van der Waals surface area (Å²) in [5.74, 6) is 0.565. The highest BCUT2D eigenvalue weighted by atomic mass is 32.2. The monoisotopic (exact) mass is 476 g/mol. The molecule has 0 aliphatic heterocycles. The normalized spacial score (nSPS) is 12.2. The molecule has 1 N–H and O–H groups in total. The minimum Gasteiger partial charge on any atom is -0.456 e. The summed E-state index contributed by atoms with van der Waals surface area (Å²) in [5, 5.41) is 4.97. The number of benzene rings is 3. The summed E-state index contributed by atoms with van der Waals surface area (Å²) in [6, 6.07) is 18.3. The molecule has 0 bridgehead atoms. The fourth-order valence-corrected chi connectivity index (χ4v) is 5.00. The van der Waals surface area contributed by atoms with Crippen LogP contribution in [0.3, 0.4) is 0 Å². The van der Waals surface area contributed by atoms with E-state index in [0.717, 1.165) is 27.5 Å². The number of hydrogen-bond acceptors (Lipinski definition) is 5. The number of carbonyl (C=O) groups is 1. The van der Waals surface area contributed by atoms with E-state index in [1.807, 2.05) is 54.1 Å². The van der Waals surface area contributed by atoms with Crippen molar-refractivity contribution in [2.45, 2.75) is 17.7 Å². The first-order valence-corrected chi connectivity index (χ1v) is 12.3. The fourth-order valence-electron chi connectivity index (χ4n) is 4.08. The first-order valence-electron chi connectivity index (χ1n) is 10.8. The number of rotatable bonds is 6. The Balaban J connectivity index is 1.31. The maximum atomic E-state index is 12.6. The van der Waals surface area contributed by atoms with Crippen molar-refractivity contribution in [3.8, 4) is 0 Å². The van der Waals surface area contributed by atoms with Crippen LogP contribution in [0.2, 0.25) is 0 Å². The fraction of sp³-hybridized carbons (Fsp3) is 0.200. The smallest absolute Gasteiger partial charge is 0.242 e. The molecule has 3 aromatic carbocycles. The molecule has 0 unspecified atom stereocenters. The van der Waals surface area contributed by atoms with Crippen molar-refractivity contribution in [1.82, 2.24) is 13.9 Å². The molecule has 0 atom stereocenters. The number of imidazole rings is 1. The number of aromatic nitrogens is 2. The Morgan fingerprint density at radius 3 is 2.59 bits per heavy atom. The van der Waals surface area contributed by atoms with Gasteiger partial charge in [-0.1, -0.05) is 18.2 Å². The van der Waals surface area contributed by atoms with Crippen molar-refractivity contribution in [2.75, 3.05) is 19.4 Å². The van der Waals surface area contributed by atoms with Gasteiger partial charge in [-0.05, 0) is 36.4 Å². The average Bonchev–Trinajstić information content (AvgIpc) is 3.34. The number of furan rings is 1. The number of nitrogens with zero attached hydrogens (tertiary/aromatic N) is 3. The molecule has 0 radical (unpaired) electrons. The first-order chi connectivity index (χ1) is 16.2. The molecule has 0 saturated carbocycles. The van der Waals surface area contributed by atoms with E-state index in [1.165, 1.54) is 18.4 Å². The molecule has 2 aromatic heterocycles. The van der Waals surface area contributed by atoms with Crippen molar-refractivity contribution in [3.63, 3.8) is 0 Å². The maximum Gasteiger partial charge on any atom is 0.242 e. The van der Waals surface area contributed by atoms with E-state index in [9.17, 15) is 13.2 Å². The number of hydrogen-bond donors (Lipinski definition) is 1. The van der Waals surface area contributed by atoms with Gasteiger partial charge in [0.15, 0.2) is 0 Å². The second-order valence-corrected chi connectivity index (χ2v) is 10.5. The lowest BCUT2D eigenvalue weighted by Gasteiger charge is -2.10. The van der Waals surface area contributed by atoms with Crippen LogP contribution in [-0.4, -0.2) is 42.3 Å². The largest absolute Gasteiger partial charge is 0.456 e.